The number of carbonyl (C=O) groups is 1. The first kappa shape index (κ1) is 13.8. The summed E-state index contributed by atoms with van der Waals surface area (Å²) >= 11 is 0. The highest BCUT2D eigenvalue weighted by Crippen LogP contribution is 2.26. The van der Waals surface area contributed by atoms with Gasteiger partial charge in [0.25, 0.3) is 0 Å². The molecule has 0 aromatic heterocycles. The Morgan fingerprint density at radius 2 is 2.26 bits per heavy atom. The number of aliphatic hydroxyl groups excluding tert-OH is 1. The van der Waals surface area contributed by atoms with Gasteiger partial charge in [-0.2, -0.15) is 0 Å². The van der Waals surface area contributed by atoms with Crippen LogP contribution in [0.15, 0.2) is 18.2 Å². The van der Waals surface area contributed by atoms with E-state index in [1.54, 1.807) is 6.07 Å². The Labute approximate surface area is 111 Å². The highest BCUT2D eigenvalue weighted by molar-refractivity contribution is 5.78. The monoisotopic (exact) mass is 267 g/mol. The van der Waals surface area contributed by atoms with Gasteiger partial charge in [-0.1, -0.05) is 6.07 Å². The van der Waals surface area contributed by atoms with E-state index in [4.69, 9.17) is 9.84 Å². The molecule has 5 heteroatoms. The minimum Gasteiger partial charge on any atom is -0.494 e. The van der Waals surface area contributed by atoms with Gasteiger partial charge >= 0.3 is 0 Å². The van der Waals surface area contributed by atoms with Gasteiger partial charge in [-0.3, -0.25) is 4.79 Å². The highest BCUT2D eigenvalue weighted by Gasteiger charge is 2.27. The second-order valence-electron chi connectivity index (χ2n) is 4.94. The number of carbonyl (C=O) groups excluding carboxylic acids is 1. The van der Waals surface area contributed by atoms with Crippen LogP contribution in [0.5, 0.6) is 5.75 Å². The van der Waals surface area contributed by atoms with Crippen LogP contribution in [0.2, 0.25) is 0 Å². The van der Waals surface area contributed by atoms with Crippen molar-refractivity contribution in [1.29, 1.82) is 0 Å². The fourth-order valence-electron chi connectivity index (χ4n) is 2.19. The van der Waals surface area contributed by atoms with Crippen molar-refractivity contribution in [2.45, 2.75) is 25.4 Å². The van der Waals surface area contributed by atoms with Crippen molar-refractivity contribution in [2.24, 2.45) is 5.92 Å². The molecular formula is C14H18FNO3. The molecule has 1 aromatic carbocycles. The minimum absolute atomic E-state index is 0.133. The number of aliphatic hydroxyl groups is 1. The predicted octanol–water partition coefficient (Wildman–Crippen LogP) is 1.26. The zero-order valence-electron chi connectivity index (χ0n) is 10.9. The van der Waals surface area contributed by atoms with Crippen LogP contribution in [-0.4, -0.2) is 30.8 Å². The number of halogens is 1. The SMILES string of the molecule is COc1ccc(CC(=O)NCC2CC(O)C2)cc1F. The molecule has 0 radical (unpaired) electrons. The fraction of sp³-hybridized carbons (Fsp3) is 0.500. The van der Waals surface area contributed by atoms with E-state index in [0.717, 1.165) is 12.8 Å². The molecule has 1 aromatic rings. The number of hydrogen-bond acceptors (Lipinski definition) is 3. The molecule has 0 saturated heterocycles. The molecule has 1 aliphatic carbocycles. The highest BCUT2D eigenvalue weighted by atomic mass is 19.1. The van der Waals surface area contributed by atoms with Gasteiger partial charge in [0.2, 0.25) is 5.91 Å². The second-order valence-corrected chi connectivity index (χ2v) is 4.94. The molecule has 0 bridgehead atoms. The third-order valence-corrected chi connectivity index (χ3v) is 3.38. The van der Waals surface area contributed by atoms with Crippen LogP contribution in [0.4, 0.5) is 4.39 Å². The van der Waals surface area contributed by atoms with Gasteiger partial charge < -0.3 is 15.2 Å². The zero-order chi connectivity index (χ0) is 13.8. The topological polar surface area (TPSA) is 58.6 Å². The molecule has 2 N–H and O–H groups in total. The first-order valence-electron chi connectivity index (χ1n) is 6.35. The molecule has 1 fully saturated rings. The quantitative estimate of drug-likeness (QED) is 0.844. The normalized spacial score (nSPS) is 21.6. The van der Waals surface area contributed by atoms with E-state index < -0.39 is 5.82 Å². The summed E-state index contributed by atoms with van der Waals surface area (Å²) in [6.07, 6.45) is 1.43. The Bertz CT molecular complexity index is 458. The Morgan fingerprint density at radius 1 is 1.53 bits per heavy atom. The van der Waals surface area contributed by atoms with Crippen molar-refractivity contribution in [3.05, 3.63) is 29.6 Å². The Kier molecular flexibility index (Phi) is 4.37. The smallest absolute Gasteiger partial charge is 0.224 e. The number of nitrogens with one attached hydrogen (secondary N) is 1. The summed E-state index contributed by atoms with van der Waals surface area (Å²) in [6, 6.07) is 4.50. The first-order valence-corrected chi connectivity index (χ1v) is 6.35. The van der Waals surface area contributed by atoms with Gasteiger partial charge in [0.05, 0.1) is 19.6 Å². The lowest BCUT2D eigenvalue weighted by molar-refractivity contribution is -0.121. The summed E-state index contributed by atoms with van der Waals surface area (Å²) in [5.41, 5.74) is 0.615. The van der Waals surface area contributed by atoms with E-state index in [-0.39, 0.29) is 24.2 Å². The molecule has 1 aliphatic rings. The van der Waals surface area contributed by atoms with Gasteiger partial charge in [0.15, 0.2) is 11.6 Å². The molecule has 19 heavy (non-hydrogen) atoms. The van der Waals surface area contributed by atoms with Gasteiger partial charge in [0, 0.05) is 6.54 Å². The molecule has 0 atom stereocenters. The lowest BCUT2D eigenvalue weighted by Gasteiger charge is -2.31. The largest absolute Gasteiger partial charge is 0.494 e. The Morgan fingerprint density at radius 3 is 2.84 bits per heavy atom. The standard InChI is InChI=1S/C14H18FNO3/c1-19-13-3-2-9(6-12(13)15)7-14(18)16-8-10-4-11(17)5-10/h2-3,6,10-11,17H,4-5,7-8H2,1H3,(H,16,18). The van der Waals surface area contributed by atoms with Gasteiger partial charge in [0.1, 0.15) is 0 Å². The molecule has 0 aliphatic heterocycles. The molecule has 0 unspecified atom stereocenters. The van der Waals surface area contributed by atoms with Gasteiger partial charge in [-0.15, -0.1) is 0 Å². The lowest BCUT2D eigenvalue weighted by Crippen LogP contribution is -2.38. The average molecular weight is 267 g/mol. The first-order chi connectivity index (χ1) is 9.08. The van der Waals surface area contributed by atoms with Crippen molar-refractivity contribution in [1.82, 2.24) is 5.32 Å². The third kappa shape index (κ3) is 3.67. The van der Waals surface area contributed by atoms with Gasteiger partial charge in [-0.25, -0.2) is 4.39 Å². The van der Waals surface area contributed by atoms with Crippen molar-refractivity contribution < 1.29 is 19.0 Å². The van der Waals surface area contributed by atoms with Crippen LogP contribution in [0.1, 0.15) is 18.4 Å². The van der Waals surface area contributed by atoms with Crippen molar-refractivity contribution >= 4 is 5.91 Å². The van der Waals surface area contributed by atoms with E-state index in [2.05, 4.69) is 5.32 Å². The average Bonchev–Trinajstić information content (AvgIpc) is 2.33. The van der Waals surface area contributed by atoms with Crippen molar-refractivity contribution in [3.8, 4) is 5.75 Å². The van der Waals surface area contributed by atoms with E-state index in [1.165, 1.54) is 19.2 Å². The summed E-state index contributed by atoms with van der Waals surface area (Å²) < 4.78 is 18.3. The summed E-state index contributed by atoms with van der Waals surface area (Å²) in [4.78, 5) is 11.7. The Balaban J connectivity index is 1.80. The predicted molar refractivity (Wildman–Crippen MR) is 68.4 cm³/mol. The van der Waals surface area contributed by atoms with Crippen LogP contribution in [0, 0.1) is 11.7 Å². The summed E-state index contributed by atoms with van der Waals surface area (Å²) in [5, 5.41) is 11.9. The van der Waals surface area contributed by atoms with Crippen LogP contribution in [0.25, 0.3) is 0 Å². The third-order valence-electron chi connectivity index (χ3n) is 3.38. The number of ether oxygens (including phenoxy) is 1. The maximum absolute atomic E-state index is 13.4. The zero-order valence-corrected chi connectivity index (χ0v) is 10.9. The Hall–Kier alpha value is -1.62. The maximum Gasteiger partial charge on any atom is 0.224 e. The van der Waals surface area contributed by atoms with E-state index in [9.17, 15) is 9.18 Å². The molecule has 1 saturated carbocycles. The number of hydrogen-bond donors (Lipinski definition) is 2. The van der Waals surface area contributed by atoms with E-state index in [1.807, 2.05) is 0 Å². The second kappa shape index (κ2) is 6.02. The number of rotatable bonds is 5. The molecule has 104 valence electrons. The molecule has 0 spiro atoms. The minimum atomic E-state index is -0.463. The van der Waals surface area contributed by atoms with Crippen molar-refractivity contribution in [2.75, 3.05) is 13.7 Å². The molecule has 2 rings (SSSR count). The van der Waals surface area contributed by atoms with Gasteiger partial charge in [-0.05, 0) is 36.5 Å². The summed E-state index contributed by atoms with van der Waals surface area (Å²) in [5.74, 6) is -0.0555. The maximum atomic E-state index is 13.4. The van der Waals surface area contributed by atoms with Crippen molar-refractivity contribution in [3.63, 3.8) is 0 Å². The van der Waals surface area contributed by atoms with Crippen LogP contribution in [-0.2, 0) is 11.2 Å². The van der Waals surface area contributed by atoms with Crippen LogP contribution < -0.4 is 10.1 Å². The summed E-state index contributed by atoms with van der Waals surface area (Å²) in [7, 11) is 1.40. The molecule has 4 nitrogen and oxygen atoms in total. The molecule has 0 heterocycles. The van der Waals surface area contributed by atoms with E-state index >= 15 is 0 Å². The molecule has 1 amide bonds. The van der Waals surface area contributed by atoms with Crippen LogP contribution >= 0.6 is 0 Å². The number of methoxy groups -OCH3 is 1. The lowest BCUT2D eigenvalue weighted by atomic mass is 9.82. The molecular weight excluding hydrogens is 249 g/mol. The van der Waals surface area contributed by atoms with Crippen LogP contribution in [0.3, 0.4) is 0 Å². The number of benzene rings is 1. The number of amides is 1. The van der Waals surface area contributed by atoms with E-state index in [0.29, 0.717) is 18.0 Å². The fourth-order valence-corrected chi connectivity index (χ4v) is 2.19. The summed E-state index contributed by atoms with van der Waals surface area (Å²) in [6.45, 7) is 0.578.